The summed E-state index contributed by atoms with van der Waals surface area (Å²) in [5, 5.41) is 0.350. The molecule has 1 heterocycles. The van der Waals surface area contributed by atoms with E-state index in [0.717, 1.165) is 11.7 Å². The van der Waals surface area contributed by atoms with Crippen LogP contribution in [0.5, 0.6) is 0 Å². The van der Waals surface area contributed by atoms with Gasteiger partial charge in [0.15, 0.2) is 0 Å². The summed E-state index contributed by atoms with van der Waals surface area (Å²) in [5.74, 6) is -0.912. The van der Waals surface area contributed by atoms with Crippen LogP contribution in [0.25, 0.3) is 11.0 Å². The number of nitrogens with one attached hydrogen (secondary N) is 3. The minimum atomic E-state index is -4.06. The first-order valence-electron chi connectivity index (χ1n) is 7.46. The number of hydrogen-bond acceptors (Lipinski definition) is 8. The maximum atomic E-state index is 12.4. The van der Waals surface area contributed by atoms with Crippen molar-refractivity contribution >= 4 is 60.3 Å². The van der Waals surface area contributed by atoms with Gasteiger partial charge in [0, 0.05) is 5.02 Å². The second-order valence-corrected chi connectivity index (χ2v) is 9.70. The Bertz CT molecular complexity index is 1230. The minimum Gasteiger partial charge on any atom is -0.276 e. The van der Waals surface area contributed by atoms with Crippen molar-refractivity contribution in [2.75, 3.05) is 6.54 Å². The molecule has 0 saturated heterocycles. The maximum absolute atomic E-state index is 12.4. The van der Waals surface area contributed by atoms with Gasteiger partial charge in [-0.05, 0) is 36.4 Å². The van der Waals surface area contributed by atoms with Crippen molar-refractivity contribution in [3.05, 3.63) is 47.5 Å². The highest BCUT2D eigenvalue weighted by molar-refractivity contribution is 7.90. The number of rotatable bonds is 7. The van der Waals surface area contributed by atoms with Crippen molar-refractivity contribution in [3.63, 3.8) is 0 Å². The Morgan fingerprint density at radius 1 is 1.00 bits per heavy atom. The number of benzene rings is 2. The first-order valence-corrected chi connectivity index (χ1v) is 11.5. The molecule has 28 heavy (non-hydrogen) atoms. The summed E-state index contributed by atoms with van der Waals surface area (Å²) in [6.07, 6.45) is 0. The van der Waals surface area contributed by atoms with Gasteiger partial charge in [-0.15, -0.1) is 4.83 Å². The first-order chi connectivity index (χ1) is 13.2. The molecule has 3 aromatic rings. The lowest BCUT2D eigenvalue weighted by molar-refractivity contribution is -0.120. The molecule has 10 nitrogen and oxygen atoms in total. The van der Waals surface area contributed by atoms with E-state index in [1.807, 2.05) is 10.3 Å². The van der Waals surface area contributed by atoms with Crippen LogP contribution in [0.2, 0.25) is 5.02 Å². The van der Waals surface area contributed by atoms with Crippen LogP contribution in [0.3, 0.4) is 0 Å². The summed E-state index contributed by atoms with van der Waals surface area (Å²) in [6.45, 7) is -0.695. The molecule has 0 fully saturated rings. The summed E-state index contributed by atoms with van der Waals surface area (Å²) >= 11 is 6.56. The smallest absolute Gasteiger partial charge is 0.257 e. The SMILES string of the molecule is O=C(CNS(=O)(=O)c1cccc2nsnc12)NNS(=O)(=O)c1ccc(Cl)cc1. The molecule has 0 atom stereocenters. The molecular weight excluding hydrogens is 450 g/mol. The van der Waals surface area contributed by atoms with Crippen LogP contribution in [-0.4, -0.2) is 38.0 Å². The van der Waals surface area contributed by atoms with Crippen LogP contribution in [0.4, 0.5) is 0 Å². The van der Waals surface area contributed by atoms with Crippen LogP contribution in [0, 0.1) is 0 Å². The molecule has 3 rings (SSSR count). The Morgan fingerprint density at radius 2 is 1.71 bits per heavy atom. The summed E-state index contributed by atoms with van der Waals surface area (Å²) in [5.41, 5.74) is 2.52. The fourth-order valence-corrected chi connectivity index (χ4v) is 4.81. The fraction of sp³-hybridized carbons (Fsp3) is 0.0714. The summed E-state index contributed by atoms with van der Waals surface area (Å²) in [7, 11) is -8.10. The molecule has 14 heteroatoms. The standard InChI is InChI=1S/C14H12ClN5O5S3/c15-9-4-6-10(7-5-9)27(22,23)20-17-13(21)8-16-28(24,25)12-3-1-2-11-14(12)19-26-18-11/h1-7,16,20H,8H2,(H,17,21). The van der Waals surface area contributed by atoms with Crippen molar-refractivity contribution in [1.29, 1.82) is 0 Å². The average molecular weight is 462 g/mol. The number of hydrogen-bond donors (Lipinski definition) is 3. The number of aromatic nitrogens is 2. The van der Waals surface area contributed by atoms with E-state index in [0.29, 0.717) is 10.5 Å². The number of hydrazine groups is 1. The first kappa shape index (κ1) is 20.6. The normalized spacial score (nSPS) is 12.2. The van der Waals surface area contributed by atoms with E-state index >= 15 is 0 Å². The van der Waals surface area contributed by atoms with Gasteiger partial charge in [-0.3, -0.25) is 10.2 Å². The van der Waals surface area contributed by atoms with Gasteiger partial charge in [0.05, 0.1) is 23.2 Å². The molecule has 3 N–H and O–H groups in total. The molecule has 0 aliphatic heterocycles. The van der Waals surface area contributed by atoms with Gasteiger partial charge >= 0.3 is 0 Å². The zero-order valence-corrected chi connectivity index (χ0v) is 17.0. The van der Waals surface area contributed by atoms with Gasteiger partial charge in [0.2, 0.25) is 15.9 Å². The topological polar surface area (TPSA) is 147 Å². The lowest BCUT2D eigenvalue weighted by Gasteiger charge is -2.10. The van der Waals surface area contributed by atoms with Gasteiger partial charge < -0.3 is 0 Å². The summed E-state index contributed by atoms with van der Waals surface area (Å²) in [6, 6.07) is 9.69. The van der Waals surface area contributed by atoms with E-state index in [4.69, 9.17) is 11.6 Å². The predicted octanol–water partition coefficient (Wildman–Crippen LogP) is 0.633. The van der Waals surface area contributed by atoms with Crippen molar-refractivity contribution in [1.82, 2.24) is 23.7 Å². The molecule has 0 bridgehead atoms. The van der Waals surface area contributed by atoms with Crippen LogP contribution in [0.1, 0.15) is 0 Å². The third kappa shape index (κ3) is 4.63. The van der Waals surface area contributed by atoms with E-state index < -0.39 is 32.5 Å². The zero-order chi connectivity index (χ0) is 20.4. The van der Waals surface area contributed by atoms with E-state index in [-0.39, 0.29) is 15.3 Å². The Labute approximate surface area is 169 Å². The van der Waals surface area contributed by atoms with Gasteiger partial charge in [-0.2, -0.15) is 8.75 Å². The molecule has 1 aromatic heterocycles. The Kier molecular flexibility index (Phi) is 5.92. The molecule has 0 aliphatic carbocycles. The summed E-state index contributed by atoms with van der Waals surface area (Å²) < 4.78 is 58.9. The highest BCUT2D eigenvalue weighted by Crippen LogP contribution is 2.20. The number of carbonyl (C=O) groups is 1. The Hall–Kier alpha value is -2.16. The average Bonchev–Trinajstić information content (AvgIpc) is 3.14. The number of fused-ring (bicyclic) bond motifs is 1. The molecule has 0 spiro atoms. The Morgan fingerprint density at radius 3 is 2.43 bits per heavy atom. The summed E-state index contributed by atoms with van der Waals surface area (Å²) in [4.78, 5) is 13.5. The second kappa shape index (κ2) is 8.06. The molecule has 0 radical (unpaired) electrons. The van der Waals surface area contributed by atoms with Gasteiger partial charge in [0.25, 0.3) is 10.0 Å². The quantitative estimate of drug-likeness (QED) is 0.437. The number of carbonyl (C=O) groups excluding carboxylic acids is 1. The van der Waals surface area contributed by atoms with Gasteiger partial charge in [0.1, 0.15) is 15.9 Å². The molecule has 148 valence electrons. The third-order valence-corrected chi connectivity index (χ3v) is 6.90. The molecular formula is C14H12ClN5O5S3. The van der Waals surface area contributed by atoms with Gasteiger partial charge in [-0.1, -0.05) is 17.7 Å². The molecule has 0 saturated carbocycles. The highest BCUT2D eigenvalue weighted by Gasteiger charge is 2.21. The maximum Gasteiger partial charge on any atom is 0.257 e. The van der Waals surface area contributed by atoms with E-state index in [9.17, 15) is 21.6 Å². The van der Waals surface area contributed by atoms with Gasteiger partial charge in [-0.25, -0.2) is 21.6 Å². The number of sulfonamides is 2. The van der Waals surface area contributed by atoms with Crippen molar-refractivity contribution < 1.29 is 21.6 Å². The number of halogens is 1. The van der Waals surface area contributed by atoms with E-state index in [2.05, 4.69) is 13.5 Å². The second-order valence-electron chi connectivity index (χ2n) is 5.32. The highest BCUT2D eigenvalue weighted by atomic mass is 35.5. The van der Waals surface area contributed by atoms with Crippen LogP contribution in [-0.2, 0) is 24.8 Å². The largest absolute Gasteiger partial charge is 0.276 e. The third-order valence-electron chi connectivity index (χ3n) is 3.41. The van der Waals surface area contributed by atoms with E-state index in [1.165, 1.54) is 36.4 Å². The number of nitrogens with zero attached hydrogens (tertiary/aromatic N) is 2. The molecule has 2 aromatic carbocycles. The van der Waals surface area contributed by atoms with Crippen molar-refractivity contribution in [2.24, 2.45) is 0 Å². The van der Waals surface area contributed by atoms with Crippen LogP contribution >= 0.6 is 23.3 Å². The molecule has 1 amide bonds. The fourth-order valence-electron chi connectivity index (χ4n) is 2.08. The predicted molar refractivity (Wildman–Crippen MR) is 103 cm³/mol. The number of amides is 1. The lowest BCUT2D eigenvalue weighted by Crippen LogP contribution is -2.46. The molecule has 0 aliphatic rings. The lowest BCUT2D eigenvalue weighted by atomic mass is 10.3. The van der Waals surface area contributed by atoms with Crippen molar-refractivity contribution in [2.45, 2.75) is 9.79 Å². The van der Waals surface area contributed by atoms with Crippen LogP contribution < -0.4 is 15.0 Å². The monoisotopic (exact) mass is 461 g/mol. The molecule has 0 unspecified atom stereocenters. The van der Waals surface area contributed by atoms with Crippen LogP contribution in [0.15, 0.2) is 52.3 Å². The Balaban J connectivity index is 1.62. The zero-order valence-electron chi connectivity index (χ0n) is 13.8. The van der Waals surface area contributed by atoms with Crippen molar-refractivity contribution in [3.8, 4) is 0 Å². The van der Waals surface area contributed by atoms with E-state index in [1.54, 1.807) is 6.07 Å². The minimum absolute atomic E-state index is 0.125.